The van der Waals surface area contributed by atoms with Gasteiger partial charge in [0.1, 0.15) is 12.3 Å². The third kappa shape index (κ3) is 1.91. The second kappa shape index (κ2) is 6.33. The summed E-state index contributed by atoms with van der Waals surface area (Å²) in [5, 5.41) is 16.9. The molecule has 2 amide bonds. The third-order valence-corrected chi connectivity index (χ3v) is 12.1. The van der Waals surface area contributed by atoms with Gasteiger partial charge in [0, 0.05) is 29.8 Å². The summed E-state index contributed by atoms with van der Waals surface area (Å²) in [4.78, 5) is 32.6. The molecule has 34 heavy (non-hydrogen) atoms. The maximum Gasteiger partial charge on any atom is 0.264 e. The van der Waals surface area contributed by atoms with Crippen LogP contribution in [0.3, 0.4) is 0 Å². The molecule has 9 heteroatoms. The highest BCUT2D eigenvalue weighted by Gasteiger charge is 2.83. The Labute approximate surface area is 204 Å². The quantitative estimate of drug-likeness (QED) is 0.476. The summed E-state index contributed by atoms with van der Waals surface area (Å²) in [6.07, 6.45) is 0.166. The fraction of sp³-hybridized carbons (Fsp3) is 0.360. The van der Waals surface area contributed by atoms with E-state index in [1.165, 1.54) is 21.6 Å². The Kier molecular flexibility index (Phi) is 3.86. The molecule has 3 aromatic rings. The molecular formula is C25H24N4O3S2. The average molecular weight is 493 g/mol. The number of aromatic nitrogens is 1. The van der Waals surface area contributed by atoms with E-state index in [0.29, 0.717) is 0 Å². The number of piperazine rings is 1. The molecule has 6 heterocycles. The van der Waals surface area contributed by atoms with Crippen LogP contribution in [0.25, 0.3) is 10.9 Å². The van der Waals surface area contributed by atoms with Gasteiger partial charge in [-0.25, -0.2) is 0 Å². The van der Waals surface area contributed by atoms with Crippen molar-refractivity contribution in [2.24, 2.45) is 5.92 Å². The summed E-state index contributed by atoms with van der Waals surface area (Å²) in [6, 6.07) is 15.8. The second-order valence-corrected chi connectivity index (χ2v) is 12.4. The number of aliphatic hydroxyl groups excluding tert-OH is 1. The highest BCUT2D eigenvalue weighted by atomic mass is 33.1. The highest BCUT2D eigenvalue weighted by molar-refractivity contribution is 8.78. The van der Waals surface area contributed by atoms with Crippen molar-refractivity contribution >= 4 is 50.0 Å². The van der Waals surface area contributed by atoms with Crippen LogP contribution in [-0.2, 0) is 15.0 Å². The van der Waals surface area contributed by atoms with Gasteiger partial charge in [-0.2, -0.15) is 0 Å². The molecule has 2 aromatic carbocycles. The molecule has 4 fully saturated rings. The number of carbonyl (C=O) groups excluding carboxylic acids is 2. The van der Waals surface area contributed by atoms with Crippen LogP contribution in [0.5, 0.6) is 0 Å². The minimum absolute atomic E-state index is 0.103. The normalized spacial score (nSPS) is 35.7. The van der Waals surface area contributed by atoms with Crippen LogP contribution >= 0.6 is 21.6 Å². The highest BCUT2D eigenvalue weighted by Crippen LogP contribution is 2.71. The number of hydrogen-bond acceptors (Lipinski definition) is 6. The molecule has 4 saturated heterocycles. The van der Waals surface area contributed by atoms with Crippen LogP contribution in [-0.4, -0.2) is 60.8 Å². The molecule has 5 atom stereocenters. The number of aliphatic hydroxyl groups is 1. The van der Waals surface area contributed by atoms with Gasteiger partial charge in [0.05, 0.1) is 5.41 Å². The Bertz CT molecular complexity index is 1410. The smallest absolute Gasteiger partial charge is 0.264 e. The van der Waals surface area contributed by atoms with Crippen molar-refractivity contribution in [2.75, 3.05) is 12.4 Å². The van der Waals surface area contributed by atoms with Gasteiger partial charge in [-0.15, -0.1) is 0 Å². The summed E-state index contributed by atoms with van der Waals surface area (Å²) >= 11 is 0. The number of amides is 2. The van der Waals surface area contributed by atoms with E-state index in [9.17, 15) is 14.7 Å². The number of anilines is 1. The molecule has 1 aromatic heterocycles. The molecule has 8 rings (SSSR count). The average Bonchev–Trinajstić information content (AvgIpc) is 3.46. The van der Waals surface area contributed by atoms with Gasteiger partial charge in [-0.05, 0) is 40.0 Å². The number of likely N-dealkylation sites (N-methyl/N-ethyl adjacent to an activating group) is 1. The lowest BCUT2D eigenvalue weighted by molar-refractivity contribution is -0.169. The van der Waals surface area contributed by atoms with E-state index >= 15 is 0 Å². The molecule has 0 aliphatic carbocycles. The van der Waals surface area contributed by atoms with Crippen LogP contribution in [0.1, 0.15) is 25.0 Å². The summed E-state index contributed by atoms with van der Waals surface area (Å²) in [5.41, 5.74) is 2.59. The van der Waals surface area contributed by atoms with E-state index in [1.54, 1.807) is 16.8 Å². The first-order chi connectivity index (χ1) is 16.3. The molecule has 0 unspecified atom stereocenters. The van der Waals surface area contributed by atoms with Crippen LogP contribution in [0.15, 0.2) is 54.7 Å². The maximum atomic E-state index is 14.3. The minimum Gasteiger partial charge on any atom is -0.388 e. The zero-order chi connectivity index (χ0) is 23.6. The summed E-state index contributed by atoms with van der Waals surface area (Å²) < 4.78 is 0. The molecule has 1 spiro atoms. The van der Waals surface area contributed by atoms with Crippen molar-refractivity contribution in [3.05, 3.63) is 65.9 Å². The predicted octanol–water partition coefficient (Wildman–Crippen LogP) is 3.32. The van der Waals surface area contributed by atoms with Crippen LogP contribution in [0, 0.1) is 5.92 Å². The largest absolute Gasteiger partial charge is 0.388 e. The summed E-state index contributed by atoms with van der Waals surface area (Å²) in [7, 11) is 4.46. The molecule has 2 bridgehead atoms. The molecule has 7 nitrogen and oxygen atoms in total. The van der Waals surface area contributed by atoms with E-state index in [1.807, 2.05) is 68.6 Å². The van der Waals surface area contributed by atoms with Crippen molar-refractivity contribution in [2.45, 2.75) is 41.3 Å². The zero-order valence-electron chi connectivity index (χ0n) is 18.9. The molecular weight excluding hydrogens is 468 g/mol. The number of para-hydroxylation sites is 2. The van der Waals surface area contributed by atoms with E-state index in [-0.39, 0.29) is 17.7 Å². The minimum atomic E-state index is -1.42. The monoisotopic (exact) mass is 492 g/mol. The first-order valence-corrected chi connectivity index (χ1v) is 13.6. The zero-order valence-corrected chi connectivity index (χ0v) is 20.5. The van der Waals surface area contributed by atoms with Crippen LogP contribution in [0.4, 0.5) is 5.69 Å². The number of nitrogens with zero attached hydrogens (tertiary/aromatic N) is 2. The first-order valence-electron chi connectivity index (χ1n) is 11.4. The molecule has 174 valence electrons. The fourth-order valence-electron chi connectivity index (χ4n) is 6.69. The Morgan fingerprint density at radius 2 is 1.74 bits per heavy atom. The number of nitrogens with one attached hydrogen (secondary N) is 2. The second-order valence-electron chi connectivity index (χ2n) is 9.87. The lowest BCUT2D eigenvalue weighted by atomic mass is 9.70. The molecule has 5 aliphatic heterocycles. The van der Waals surface area contributed by atoms with E-state index in [4.69, 9.17) is 0 Å². The van der Waals surface area contributed by atoms with Gasteiger partial charge in [-0.1, -0.05) is 61.0 Å². The van der Waals surface area contributed by atoms with Crippen molar-refractivity contribution < 1.29 is 14.7 Å². The lowest BCUT2D eigenvalue weighted by Crippen LogP contribution is -2.79. The van der Waals surface area contributed by atoms with E-state index < -0.39 is 27.4 Å². The molecule has 5 aliphatic rings. The van der Waals surface area contributed by atoms with Crippen molar-refractivity contribution in [1.29, 1.82) is 0 Å². The van der Waals surface area contributed by atoms with Crippen molar-refractivity contribution in [3.8, 4) is 0 Å². The van der Waals surface area contributed by atoms with Gasteiger partial charge in [0.15, 0.2) is 4.87 Å². The number of carbonyl (C=O) groups is 2. The van der Waals surface area contributed by atoms with Crippen LogP contribution in [0.2, 0.25) is 0 Å². The van der Waals surface area contributed by atoms with Gasteiger partial charge in [-0.3, -0.25) is 14.5 Å². The topological polar surface area (TPSA) is 88.7 Å². The summed E-state index contributed by atoms with van der Waals surface area (Å²) in [5.74, 6) is -0.446. The van der Waals surface area contributed by atoms with Gasteiger partial charge in [0.25, 0.3) is 11.8 Å². The predicted molar refractivity (Wildman–Crippen MR) is 134 cm³/mol. The Hall–Kier alpha value is -2.62. The number of aromatic amines is 1. The van der Waals surface area contributed by atoms with Crippen molar-refractivity contribution in [3.63, 3.8) is 0 Å². The van der Waals surface area contributed by atoms with Gasteiger partial charge < -0.3 is 20.3 Å². The maximum absolute atomic E-state index is 14.3. The van der Waals surface area contributed by atoms with E-state index in [0.717, 1.165) is 27.7 Å². The Balaban J connectivity index is 1.57. The number of H-pyrrole nitrogens is 1. The van der Waals surface area contributed by atoms with Crippen LogP contribution < -0.4 is 5.32 Å². The lowest BCUT2D eigenvalue weighted by Gasteiger charge is -2.60. The molecule has 0 saturated carbocycles. The van der Waals surface area contributed by atoms with E-state index in [2.05, 4.69) is 10.3 Å². The van der Waals surface area contributed by atoms with Crippen molar-refractivity contribution in [1.82, 2.24) is 14.8 Å². The number of hydrogen-bond donors (Lipinski definition) is 3. The number of fused-ring (bicyclic) bond motifs is 6. The fourth-order valence-corrected chi connectivity index (χ4v) is 10.9. The summed E-state index contributed by atoms with van der Waals surface area (Å²) in [6.45, 7) is 3.95. The number of benzene rings is 2. The Morgan fingerprint density at radius 1 is 1.00 bits per heavy atom. The first kappa shape index (κ1) is 20.7. The SMILES string of the molecule is CC(C)[C@@]12SS[C@]3(C(=O)N1C)[C@@H](O)[C@]1(c4c[nH]c5ccccc45)c4ccccc4N[C@@H]1N3C2=O. The standard InChI is InChI=1S/C25H24N4O3S2/c1-13(2)24-22(32)29-20-23(15-9-5-7-11-18(15)27-20,16-12-26-17-10-6-4-8-14(16)17)19(30)25(29,34-33-24)21(31)28(24)3/h4-13,19-20,26-27,30H,1-3H3/t19-,20+,23+,24-,25-/m0/s1. The Morgan fingerprint density at radius 3 is 2.53 bits per heavy atom. The van der Waals surface area contributed by atoms with Gasteiger partial charge >= 0.3 is 0 Å². The number of rotatable bonds is 2. The third-order valence-electron chi connectivity index (χ3n) is 8.26. The molecule has 0 radical (unpaired) electrons. The van der Waals surface area contributed by atoms with Gasteiger partial charge in [0.2, 0.25) is 4.87 Å². The molecule has 3 N–H and O–H groups in total.